The summed E-state index contributed by atoms with van der Waals surface area (Å²) in [5.41, 5.74) is 0. The minimum absolute atomic E-state index is 0.112. The average Bonchev–Trinajstić information content (AvgIpc) is 2.15. The van der Waals surface area contributed by atoms with Crippen molar-refractivity contribution in [3.05, 3.63) is 0 Å². The first-order valence-corrected chi connectivity index (χ1v) is 5.71. The molecular weight excluding hydrogens is 192 g/mol. The van der Waals surface area contributed by atoms with Crippen LogP contribution in [0.2, 0.25) is 0 Å². The highest BCUT2D eigenvalue weighted by Crippen LogP contribution is 2.09. The van der Waals surface area contributed by atoms with E-state index in [2.05, 4.69) is 24.1 Å². The largest absolute Gasteiger partial charge is 0.465 e. The number of piperazine rings is 1. The summed E-state index contributed by atoms with van der Waals surface area (Å²) in [6.07, 6.45) is 0. The Balaban J connectivity index is 2.51. The lowest BCUT2D eigenvalue weighted by atomic mass is 10.1. The zero-order valence-electron chi connectivity index (χ0n) is 10.1. The molecule has 3 unspecified atom stereocenters. The van der Waals surface area contributed by atoms with Crippen LogP contribution in [0.1, 0.15) is 27.7 Å². The van der Waals surface area contributed by atoms with Crippen molar-refractivity contribution in [2.75, 3.05) is 19.7 Å². The molecule has 4 heteroatoms. The summed E-state index contributed by atoms with van der Waals surface area (Å²) >= 11 is 0. The van der Waals surface area contributed by atoms with Gasteiger partial charge in [0.2, 0.25) is 0 Å². The summed E-state index contributed by atoms with van der Waals surface area (Å²) < 4.78 is 5.03. The molecule has 1 heterocycles. The van der Waals surface area contributed by atoms with E-state index in [1.165, 1.54) is 0 Å². The summed E-state index contributed by atoms with van der Waals surface area (Å²) in [6, 6.07) is 0.744. The van der Waals surface area contributed by atoms with Crippen LogP contribution in [0.4, 0.5) is 0 Å². The predicted molar refractivity (Wildman–Crippen MR) is 59.7 cm³/mol. The topological polar surface area (TPSA) is 41.6 Å². The zero-order valence-corrected chi connectivity index (χ0v) is 10.1. The first kappa shape index (κ1) is 12.5. The van der Waals surface area contributed by atoms with Crippen LogP contribution in [0.3, 0.4) is 0 Å². The minimum atomic E-state index is -0.128. The van der Waals surface area contributed by atoms with E-state index in [-0.39, 0.29) is 12.0 Å². The van der Waals surface area contributed by atoms with Gasteiger partial charge < -0.3 is 10.1 Å². The number of hydrogen-bond donors (Lipinski definition) is 1. The molecule has 0 radical (unpaired) electrons. The number of esters is 1. The Kier molecular flexibility index (Phi) is 4.54. The fourth-order valence-electron chi connectivity index (χ4n) is 2.10. The number of carbonyl (C=O) groups excluding carboxylic acids is 1. The molecule has 4 nitrogen and oxygen atoms in total. The van der Waals surface area contributed by atoms with Gasteiger partial charge in [-0.1, -0.05) is 0 Å². The van der Waals surface area contributed by atoms with Crippen LogP contribution in [0, 0.1) is 0 Å². The quantitative estimate of drug-likeness (QED) is 0.699. The Labute approximate surface area is 92.0 Å². The monoisotopic (exact) mass is 214 g/mol. The van der Waals surface area contributed by atoms with Crippen molar-refractivity contribution in [3.63, 3.8) is 0 Å². The molecule has 0 saturated carbocycles. The third kappa shape index (κ3) is 3.47. The number of nitrogens with one attached hydrogen (secondary N) is 1. The van der Waals surface area contributed by atoms with Crippen molar-refractivity contribution in [3.8, 4) is 0 Å². The second kappa shape index (κ2) is 5.47. The van der Waals surface area contributed by atoms with E-state index in [0.29, 0.717) is 18.7 Å². The zero-order chi connectivity index (χ0) is 11.4. The summed E-state index contributed by atoms with van der Waals surface area (Å²) in [4.78, 5) is 13.8. The smallest absolute Gasteiger partial charge is 0.323 e. The highest BCUT2D eigenvalue weighted by atomic mass is 16.5. The normalized spacial score (nSPS) is 29.9. The Morgan fingerprint density at radius 1 is 1.47 bits per heavy atom. The molecule has 88 valence electrons. The highest BCUT2D eigenvalue weighted by Gasteiger charge is 2.28. The molecule has 0 aromatic heterocycles. The molecule has 0 bridgehead atoms. The summed E-state index contributed by atoms with van der Waals surface area (Å²) in [6.45, 7) is 10.3. The maximum absolute atomic E-state index is 11.6. The van der Waals surface area contributed by atoms with Gasteiger partial charge in [-0.25, -0.2) is 0 Å². The molecule has 1 fully saturated rings. The lowest BCUT2D eigenvalue weighted by Gasteiger charge is -2.38. The van der Waals surface area contributed by atoms with Crippen LogP contribution >= 0.6 is 0 Å². The summed E-state index contributed by atoms with van der Waals surface area (Å²) in [5, 5.41) is 3.44. The van der Waals surface area contributed by atoms with Crippen molar-refractivity contribution < 1.29 is 9.53 Å². The Hall–Kier alpha value is -0.610. The molecule has 0 spiro atoms. The van der Waals surface area contributed by atoms with Crippen LogP contribution in [-0.4, -0.2) is 48.7 Å². The van der Waals surface area contributed by atoms with E-state index in [9.17, 15) is 4.79 Å². The minimum Gasteiger partial charge on any atom is -0.465 e. The summed E-state index contributed by atoms with van der Waals surface area (Å²) in [5.74, 6) is -0.112. The number of hydrogen-bond acceptors (Lipinski definition) is 4. The van der Waals surface area contributed by atoms with Gasteiger partial charge in [0.05, 0.1) is 6.61 Å². The maximum Gasteiger partial charge on any atom is 0.323 e. The van der Waals surface area contributed by atoms with Gasteiger partial charge in [-0.3, -0.25) is 9.69 Å². The van der Waals surface area contributed by atoms with E-state index in [1.54, 1.807) is 0 Å². The first-order valence-electron chi connectivity index (χ1n) is 5.71. The third-order valence-electron chi connectivity index (χ3n) is 2.76. The summed E-state index contributed by atoms with van der Waals surface area (Å²) in [7, 11) is 0. The molecule has 0 aliphatic carbocycles. The number of rotatable bonds is 3. The number of nitrogens with zero attached hydrogens (tertiary/aromatic N) is 1. The van der Waals surface area contributed by atoms with Crippen molar-refractivity contribution in [2.24, 2.45) is 0 Å². The number of carbonyl (C=O) groups is 1. The van der Waals surface area contributed by atoms with E-state index >= 15 is 0 Å². The molecular formula is C11H22N2O2. The highest BCUT2D eigenvalue weighted by molar-refractivity contribution is 5.75. The van der Waals surface area contributed by atoms with Crippen LogP contribution in [-0.2, 0) is 9.53 Å². The second-order valence-electron chi connectivity index (χ2n) is 4.35. The molecule has 15 heavy (non-hydrogen) atoms. The molecule has 0 aromatic rings. The fourth-order valence-corrected chi connectivity index (χ4v) is 2.10. The Morgan fingerprint density at radius 3 is 2.47 bits per heavy atom. The van der Waals surface area contributed by atoms with Gasteiger partial charge in [0.25, 0.3) is 0 Å². The average molecular weight is 214 g/mol. The molecule has 0 aromatic carbocycles. The van der Waals surface area contributed by atoms with Gasteiger partial charge in [-0.15, -0.1) is 0 Å². The SMILES string of the molecule is CCOC(=O)C(C)N1CC(C)NC(C)C1. The van der Waals surface area contributed by atoms with Crippen molar-refractivity contribution in [1.82, 2.24) is 10.2 Å². The van der Waals surface area contributed by atoms with Crippen molar-refractivity contribution in [2.45, 2.75) is 45.8 Å². The maximum atomic E-state index is 11.6. The van der Waals surface area contributed by atoms with Gasteiger partial charge in [-0.05, 0) is 27.7 Å². The van der Waals surface area contributed by atoms with Crippen LogP contribution in [0.15, 0.2) is 0 Å². The standard InChI is InChI=1S/C11H22N2O2/c1-5-15-11(14)10(4)13-6-8(2)12-9(3)7-13/h8-10,12H,5-7H2,1-4H3. The molecule has 1 N–H and O–H groups in total. The fraction of sp³-hybridized carbons (Fsp3) is 0.909. The Bertz CT molecular complexity index is 211. The molecule has 1 aliphatic heterocycles. The van der Waals surface area contributed by atoms with Gasteiger partial charge in [0.1, 0.15) is 6.04 Å². The van der Waals surface area contributed by atoms with Crippen molar-refractivity contribution >= 4 is 5.97 Å². The first-order chi connectivity index (χ1) is 7.04. The van der Waals surface area contributed by atoms with Gasteiger partial charge in [0, 0.05) is 25.2 Å². The van der Waals surface area contributed by atoms with Crippen LogP contribution in [0.25, 0.3) is 0 Å². The lowest BCUT2D eigenvalue weighted by molar-refractivity contribution is -0.149. The van der Waals surface area contributed by atoms with E-state index in [4.69, 9.17) is 4.74 Å². The van der Waals surface area contributed by atoms with Crippen LogP contribution in [0.5, 0.6) is 0 Å². The molecule has 0 amide bonds. The van der Waals surface area contributed by atoms with Gasteiger partial charge in [-0.2, -0.15) is 0 Å². The second-order valence-corrected chi connectivity index (χ2v) is 4.35. The van der Waals surface area contributed by atoms with Crippen molar-refractivity contribution in [1.29, 1.82) is 0 Å². The molecule has 1 saturated heterocycles. The molecule has 1 aliphatic rings. The lowest BCUT2D eigenvalue weighted by Crippen LogP contribution is -2.58. The van der Waals surface area contributed by atoms with Gasteiger partial charge >= 0.3 is 5.97 Å². The third-order valence-corrected chi connectivity index (χ3v) is 2.76. The van der Waals surface area contributed by atoms with Gasteiger partial charge in [0.15, 0.2) is 0 Å². The predicted octanol–water partition coefficient (Wildman–Crippen LogP) is 0.620. The van der Waals surface area contributed by atoms with E-state index < -0.39 is 0 Å². The van der Waals surface area contributed by atoms with Crippen LogP contribution < -0.4 is 5.32 Å². The molecule has 1 rings (SSSR count). The van der Waals surface area contributed by atoms with E-state index in [0.717, 1.165) is 13.1 Å². The van der Waals surface area contributed by atoms with E-state index in [1.807, 2.05) is 13.8 Å². The molecule has 3 atom stereocenters. The Morgan fingerprint density at radius 2 is 2.00 bits per heavy atom. The number of ether oxygens (including phenoxy) is 1.